The van der Waals surface area contributed by atoms with Crippen molar-refractivity contribution in [2.24, 2.45) is 5.73 Å². The van der Waals surface area contributed by atoms with Crippen LogP contribution in [0.4, 0.5) is 5.82 Å². The molecule has 0 unspecified atom stereocenters. The number of anilines is 1. The molecule has 0 radical (unpaired) electrons. The summed E-state index contributed by atoms with van der Waals surface area (Å²) >= 11 is 0. The second-order valence-electron chi connectivity index (χ2n) is 8.83. The second kappa shape index (κ2) is 11.1. The van der Waals surface area contributed by atoms with Crippen LogP contribution in [0.25, 0.3) is 33.2 Å². The predicted molar refractivity (Wildman–Crippen MR) is 155 cm³/mol. The Morgan fingerprint density at radius 3 is 2.50 bits per heavy atom. The number of fused-ring (bicyclic) bond motifs is 2. The van der Waals surface area contributed by atoms with Gasteiger partial charge in [-0.15, -0.1) is 5.10 Å². The highest BCUT2D eigenvalue weighted by Gasteiger charge is 2.16. The highest BCUT2D eigenvalue weighted by atomic mass is 16.5. The standard InChI is InChI=1S/C23H20N2O2.C7H7N5O/c1-3-18-14-17-8-7-11-20(16-12-13-24-21(15-16)27-2)22(17)23(26)25(18)19-9-5-4-6-10-19;8-5-4(6(9)13)7-10-2-1-3-12(7)11-5/h4-15H,3H2,1-2H3;1-3H,(H2,8,11)(H2,9,13). The lowest BCUT2D eigenvalue weighted by Gasteiger charge is -2.15. The number of aromatic nitrogens is 5. The van der Waals surface area contributed by atoms with Gasteiger partial charge in [-0.25, -0.2) is 14.5 Å². The number of hydrogen-bond acceptors (Lipinski definition) is 7. The van der Waals surface area contributed by atoms with E-state index in [0.717, 1.165) is 34.3 Å². The van der Waals surface area contributed by atoms with Gasteiger partial charge in [0.25, 0.3) is 11.5 Å². The lowest BCUT2D eigenvalue weighted by molar-refractivity contribution is 0.100. The molecule has 0 aliphatic rings. The van der Waals surface area contributed by atoms with E-state index in [1.165, 1.54) is 4.52 Å². The van der Waals surface area contributed by atoms with E-state index in [-0.39, 0.29) is 16.9 Å². The van der Waals surface area contributed by atoms with Crippen molar-refractivity contribution in [2.75, 3.05) is 12.8 Å². The molecule has 200 valence electrons. The number of hydrogen-bond donors (Lipinski definition) is 2. The zero-order chi connectivity index (χ0) is 28.2. The summed E-state index contributed by atoms with van der Waals surface area (Å²) < 4.78 is 8.48. The molecule has 0 aliphatic carbocycles. The van der Waals surface area contributed by atoms with Gasteiger partial charge in [0.05, 0.1) is 12.5 Å². The summed E-state index contributed by atoms with van der Waals surface area (Å²) in [5, 5.41) is 5.51. The van der Waals surface area contributed by atoms with Crippen molar-refractivity contribution in [1.82, 2.24) is 24.1 Å². The third-order valence-corrected chi connectivity index (χ3v) is 6.42. The fourth-order valence-electron chi connectivity index (χ4n) is 4.61. The molecule has 0 saturated heterocycles. The van der Waals surface area contributed by atoms with Crippen LogP contribution < -0.4 is 21.8 Å². The van der Waals surface area contributed by atoms with Gasteiger partial charge >= 0.3 is 0 Å². The minimum absolute atomic E-state index is 0.0121. The van der Waals surface area contributed by atoms with Gasteiger partial charge in [-0.2, -0.15) is 0 Å². The van der Waals surface area contributed by atoms with Crippen LogP contribution in [-0.2, 0) is 6.42 Å². The van der Waals surface area contributed by atoms with E-state index in [9.17, 15) is 9.59 Å². The minimum atomic E-state index is -0.619. The van der Waals surface area contributed by atoms with Crippen LogP contribution >= 0.6 is 0 Å². The number of nitrogens with zero attached hydrogens (tertiary/aromatic N) is 5. The maximum Gasteiger partial charge on any atom is 0.263 e. The summed E-state index contributed by atoms with van der Waals surface area (Å²) in [7, 11) is 1.59. The molecular weight excluding hydrogens is 506 g/mol. The number of para-hydroxylation sites is 1. The van der Waals surface area contributed by atoms with Gasteiger partial charge in [-0.1, -0.05) is 43.3 Å². The Hall–Kier alpha value is -5.51. The van der Waals surface area contributed by atoms with Crippen LogP contribution in [0.1, 0.15) is 23.0 Å². The first-order chi connectivity index (χ1) is 19.4. The topological polar surface area (TPSA) is 143 Å². The monoisotopic (exact) mass is 533 g/mol. The summed E-state index contributed by atoms with van der Waals surface area (Å²) in [4.78, 5) is 32.6. The van der Waals surface area contributed by atoms with E-state index in [0.29, 0.717) is 16.9 Å². The predicted octanol–water partition coefficient (Wildman–Crippen LogP) is 4.03. The molecule has 0 aliphatic heterocycles. The van der Waals surface area contributed by atoms with Crippen LogP contribution in [-0.4, -0.2) is 37.2 Å². The molecule has 0 saturated carbocycles. The largest absolute Gasteiger partial charge is 0.481 e. The smallest absolute Gasteiger partial charge is 0.263 e. The number of carbonyl (C=O) groups is 1. The first kappa shape index (κ1) is 26.1. The fraction of sp³-hybridized carbons (Fsp3) is 0.100. The molecule has 0 atom stereocenters. The first-order valence-corrected chi connectivity index (χ1v) is 12.5. The number of benzene rings is 2. The molecule has 2 aromatic carbocycles. The van der Waals surface area contributed by atoms with E-state index in [2.05, 4.69) is 28.1 Å². The van der Waals surface area contributed by atoms with Gasteiger partial charge in [0.2, 0.25) is 5.88 Å². The van der Waals surface area contributed by atoms with E-state index >= 15 is 0 Å². The number of primary amides is 1. The van der Waals surface area contributed by atoms with E-state index in [4.69, 9.17) is 16.2 Å². The quantitative estimate of drug-likeness (QED) is 0.340. The maximum absolute atomic E-state index is 13.6. The molecular formula is C30H27N7O3. The number of pyridine rings is 2. The van der Waals surface area contributed by atoms with Gasteiger partial charge in [-0.3, -0.25) is 14.2 Å². The number of nitrogen functional groups attached to an aromatic ring is 1. The SMILES string of the molecule is CCc1cc2cccc(-c3ccnc(OC)c3)c2c(=O)n1-c1ccccc1.NC(=O)c1c(N)nn2cccnc12. The molecule has 4 heterocycles. The van der Waals surface area contributed by atoms with Crippen molar-refractivity contribution in [2.45, 2.75) is 13.3 Å². The van der Waals surface area contributed by atoms with Gasteiger partial charge in [0.1, 0.15) is 5.56 Å². The van der Waals surface area contributed by atoms with Crippen LogP contribution in [0.2, 0.25) is 0 Å². The van der Waals surface area contributed by atoms with Crippen molar-refractivity contribution >= 4 is 28.1 Å². The van der Waals surface area contributed by atoms with Crippen LogP contribution in [0.3, 0.4) is 0 Å². The number of amides is 1. The fourth-order valence-corrected chi connectivity index (χ4v) is 4.61. The summed E-state index contributed by atoms with van der Waals surface area (Å²) in [6.07, 6.45) is 5.66. The first-order valence-electron chi connectivity index (χ1n) is 12.5. The lowest BCUT2D eigenvalue weighted by atomic mass is 9.99. The summed E-state index contributed by atoms with van der Waals surface area (Å²) in [6.45, 7) is 2.07. The van der Waals surface area contributed by atoms with Gasteiger partial charge in [-0.05, 0) is 53.3 Å². The Bertz CT molecular complexity index is 1900. The molecule has 10 heteroatoms. The average molecular weight is 534 g/mol. The van der Waals surface area contributed by atoms with Crippen molar-refractivity contribution in [3.8, 4) is 22.7 Å². The third kappa shape index (κ3) is 4.85. The molecule has 6 aromatic rings. The lowest BCUT2D eigenvalue weighted by Crippen LogP contribution is -2.22. The maximum atomic E-state index is 13.6. The number of aryl methyl sites for hydroxylation is 1. The van der Waals surface area contributed by atoms with Gasteiger partial charge < -0.3 is 16.2 Å². The number of ether oxygens (including phenoxy) is 1. The van der Waals surface area contributed by atoms with E-state index in [1.54, 1.807) is 31.8 Å². The molecule has 1 amide bonds. The Morgan fingerprint density at radius 2 is 1.77 bits per heavy atom. The highest BCUT2D eigenvalue weighted by molar-refractivity contribution is 6.03. The molecule has 4 aromatic heterocycles. The molecule has 4 N–H and O–H groups in total. The molecule has 10 nitrogen and oxygen atoms in total. The third-order valence-electron chi connectivity index (χ3n) is 6.42. The van der Waals surface area contributed by atoms with Crippen molar-refractivity contribution in [3.63, 3.8) is 0 Å². The minimum Gasteiger partial charge on any atom is -0.481 e. The van der Waals surface area contributed by atoms with Crippen LogP contribution in [0.5, 0.6) is 5.88 Å². The average Bonchev–Trinajstić information content (AvgIpc) is 3.33. The summed E-state index contributed by atoms with van der Waals surface area (Å²) in [5.41, 5.74) is 14.8. The zero-order valence-electron chi connectivity index (χ0n) is 22.0. The Morgan fingerprint density at radius 1 is 0.975 bits per heavy atom. The second-order valence-corrected chi connectivity index (χ2v) is 8.83. The van der Waals surface area contributed by atoms with Gasteiger partial charge in [0, 0.05) is 36.0 Å². The van der Waals surface area contributed by atoms with Crippen LogP contribution in [0.15, 0.2) is 96.2 Å². The normalized spacial score (nSPS) is 10.8. The number of rotatable bonds is 5. The van der Waals surface area contributed by atoms with Gasteiger partial charge in [0.15, 0.2) is 11.5 Å². The van der Waals surface area contributed by atoms with E-state index in [1.807, 2.05) is 65.2 Å². The molecule has 0 spiro atoms. The van der Waals surface area contributed by atoms with Crippen molar-refractivity contribution < 1.29 is 9.53 Å². The Balaban J connectivity index is 0.000000207. The molecule has 6 rings (SSSR count). The summed E-state index contributed by atoms with van der Waals surface area (Å²) in [6, 6.07) is 23.3. The van der Waals surface area contributed by atoms with Crippen molar-refractivity contribution in [3.05, 3.63) is 113 Å². The number of methoxy groups -OCH3 is 1. The summed E-state index contributed by atoms with van der Waals surface area (Å²) in [5.74, 6) is 0.00969. The molecule has 0 fully saturated rings. The number of carbonyl (C=O) groups excluding carboxylic acids is 1. The highest BCUT2D eigenvalue weighted by Crippen LogP contribution is 2.29. The Labute approximate surface area is 229 Å². The van der Waals surface area contributed by atoms with Crippen LogP contribution in [0, 0.1) is 0 Å². The Kier molecular flexibility index (Phi) is 7.23. The molecule has 0 bridgehead atoms. The molecule has 40 heavy (non-hydrogen) atoms. The van der Waals surface area contributed by atoms with E-state index < -0.39 is 5.91 Å². The zero-order valence-corrected chi connectivity index (χ0v) is 22.0. The van der Waals surface area contributed by atoms with Crippen molar-refractivity contribution in [1.29, 1.82) is 0 Å². The number of nitrogens with two attached hydrogens (primary N) is 2.